The summed E-state index contributed by atoms with van der Waals surface area (Å²) in [6.07, 6.45) is 2.54. The number of hydrogen-bond donors (Lipinski definition) is 1. The van der Waals surface area contributed by atoms with Gasteiger partial charge < -0.3 is 5.32 Å². The monoisotopic (exact) mass is 253 g/mol. The summed E-state index contributed by atoms with van der Waals surface area (Å²) in [5, 5.41) is 3.36. The number of benzene rings is 1. The van der Waals surface area contributed by atoms with E-state index in [2.05, 4.69) is 19.2 Å². The van der Waals surface area contributed by atoms with E-state index in [1.807, 2.05) is 6.92 Å². The Morgan fingerprint density at radius 3 is 2.72 bits per heavy atom. The number of halogens is 2. The van der Waals surface area contributed by atoms with Gasteiger partial charge in [-0.3, -0.25) is 0 Å². The summed E-state index contributed by atoms with van der Waals surface area (Å²) in [6.45, 7) is 7.21. The molecule has 3 heteroatoms. The van der Waals surface area contributed by atoms with Gasteiger partial charge in [0, 0.05) is 12.1 Å². The van der Waals surface area contributed by atoms with E-state index in [0.29, 0.717) is 12.0 Å². The quantitative estimate of drug-likeness (QED) is 0.786. The Labute approximate surface area is 108 Å². The molecule has 1 aromatic rings. The van der Waals surface area contributed by atoms with Gasteiger partial charge >= 0.3 is 0 Å². The molecule has 0 aliphatic heterocycles. The van der Waals surface area contributed by atoms with Gasteiger partial charge in [-0.15, -0.1) is 0 Å². The third-order valence-electron chi connectivity index (χ3n) is 3.83. The molecule has 1 atom stereocenters. The molecule has 1 aromatic carbocycles. The third kappa shape index (κ3) is 2.72. The Morgan fingerprint density at radius 1 is 1.33 bits per heavy atom. The van der Waals surface area contributed by atoms with Gasteiger partial charge in [0.15, 0.2) is 0 Å². The van der Waals surface area contributed by atoms with E-state index >= 15 is 0 Å². The van der Waals surface area contributed by atoms with E-state index in [0.717, 1.165) is 31.0 Å². The van der Waals surface area contributed by atoms with Crippen LogP contribution < -0.4 is 5.32 Å². The Balaban J connectivity index is 2.47. The van der Waals surface area contributed by atoms with Crippen molar-refractivity contribution >= 4 is 0 Å². The van der Waals surface area contributed by atoms with Gasteiger partial charge in [0.1, 0.15) is 11.6 Å². The van der Waals surface area contributed by atoms with E-state index in [9.17, 15) is 8.78 Å². The van der Waals surface area contributed by atoms with Crippen molar-refractivity contribution in [2.75, 3.05) is 6.54 Å². The van der Waals surface area contributed by atoms with Crippen LogP contribution >= 0.6 is 0 Å². The Morgan fingerprint density at radius 2 is 2.06 bits per heavy atom. The standard InChI is InChI=1S/C15H21F2N/c1-4-18-14-9-15(2,3)6-5-11-12(14)7-10(16)8-13(11)17/h7-8,14,18H,4-6,9H2,1-3H3. The number of hydrogen-bond acceptors (Lipinski definition) is 1. The molecular formula is C15H21F2N. The Kier molecular flexibility index (Phi) is 3.71. The Bertz CT molecular complexity index is 440. The highest BCUT2D eigenvalue weighted by molar-refractivity contribution is 5.34. The topological polar surface area (TPSA) is 12.0 Å². The van der Waals surface area contributed by atoms with Crippen LogP contribution in [0.25, 0.3) is 0 Å². The molecule has 1 nitrogen and oxygen atoms in total. The normalized spacial score (nSPS) is 22.4. The second kappa shape index (κ2) is 4.96. The fourth-order valence-electron chi connectivity index (χ4n) is 2.85. The Hall–Kier alpha value is -0.960. The lowest BCUT2D eigenvalue weighted by Gasteiger charge is -2.27. The first-order valence-corrected chi connectivity index (χ1v) is 6.64. The summed E-state index contributed by atoms with van der Waals surface area (Å²) in [4.78, 5) is 0. The van der Waals surface area contributed by atoms with Gasteiger partial charge in [0.05, 0.1) is 0 Å². The molecule has 0 spiro atoms. The highest BCUT2D eigenvalue weighted by Crippen LogP contribution is 2.40. The van der Waals surface area contributed by atoms with Crippen molar-refractivity contribution in [3.8, 4) is 0 Å². The van der Waals surface area contributed by atoms with E-state index < -0.39 is 11.6 Å². The van der Waals surface area contributed by atoms with E-state index in [1.165, 1.54) is 6.07 Å². The molecule has 0 heterocycles. The summed E-state index contributed by atoms with van der Waals surface area (Å²) in [5.41, 5.74) is 1.64. The summed E-state index contributed by atoms with van der Waals surface area (Å²) >= 11 is 0. The lowest BCUT2D eigenvalue weighted by atomic mass is 9.83. The summed E-state index contributed by atoms with van der Waals surface area (Å²) in [6, 6.07) is 2.54. The maximum atomic E-state index is 13.9. The molecule has 18 heavy (non-hydrogen) atoms. The lowest BCUT2D eigenvalue weighted by molar-refractivity contribution is 0.275. The molecule has 100 valence electrons. The molecule has 2 rings (SSSR count). The number of nitrogens with one attached hydrogen (secondary N) is 1. The minimum absolute atomic E-state index is 0.0488. The fourth-order valence-corrected chi connectivity index (χ4v) is 2.85. The number of fused-ring (bicyclic) bond motifs is 1. The van der Waals surface area contributed by atoms with Crippen LogP contribution in [-0.2, 0) is 6.42 Å². The first-order valence-electron chi connectivity index (χ1n) is 6.64. The highest BCUT2D eigenvalue weighted by Gasteiger charge is 2.30. The zero-order chi connectivity index (χ0) is 13.3. The molecular weight excluding hydrogens is 232 g/mol. The molecule has 0 amide bonds. The smallest absolute Gasteiger partial charge is 0.129 e. The largest absolute Gasteiger partial charge is 0.310 e. The van der Waals surface area contributed by atoms with Crippen LogP contribution in [0.1, 0.15) is 50.8 Å². The van der Waals surface area contributed by atoms with Gasteiger partial charge in [-0.2, -0.15) is 0 Å². The molecule has 1 aliphatic carbocycles. The van der Waals surface area contributed by atoms with Gasteiger partial charge in [-0.05, 0) is 48.4 Å². The van der Waals surface area contributed by atoms with E-state index in [-0.39, 0.29) is 11.5 Å². The molecule has 0 saturated carbocycles. The zero-order valence-electron chi connectivity index (χ0n) is 11.3. The maximum absolute atomic E-state index is 13.9. The summed E-state index contributed by atoms with van der Waals surface area (Å²) < 4.78 is 27.3. The summed E-state index contributed by atoms with van der Waals surface area (Å²) in [7, 11) is 0. The van der Waals surface area contributed by atoms with Crippen LogP contribution in [-0.4, -0.2) is 6.54 Å². The van der Waals surface area contributed by atoms with Crippen LogP contribution in [0.5, 0.6) is 0 Å². The summed E-state index contributed by atoms with van der Waals surface area (Å²) in [5.74, 6) is -0.875. The van der Waals surface area contributed by atoms with Gasteiger partial charge in [0.2, 0.25) is 0 Å². The maximum Gasteiger partial charge on any atom is 0.129 e. The molecule has 0 aromatic heterocycles. The van der Waals surface area contributed by atoms with Crippen molar-refractivity contribution in [3.05, 3.63) is 34.9 Å². The van der Waals surface area contributed by atoms with Crippen molar-refractivity contribution < 1.29 is 8.78 Å². The van der Waals surface area contributed by atoms with Crippen LogP contribution in [0.2, 0.25) is 0 Å². The van der Waals surface area contributed by atoms with Crippen molar-refractivity contribution in [2.45, 2.75) is 46.1 Å². The second-order valence-electron chi connectivity index (χ2n) is 5.93. The van der Waals surface area contributed by atoms with Crippen LogP contribution in [0.15, 0.2) is 12.1 Å². The predicted molar refractivity (Wildman–Crippen MR) is 69.5 cm³/mol. The van der Waals surface area contributed by atoms with Gasteiger partial charge in [-0.1, -0.05) is 20.8 Å². The molecule has 1 unspecified atom stereocenters. The first-order chi connectivity index (χ1) is 8.43. The first kappa shape index (κ1) is 13.5. The second-order valence-corrected chi connectivity index (χ2v) is 5.93. The zero-order valence-corrected chi connectivity index (χ0v) is 11.3. The molecule has 0 fully saturated rings. The average Bonchev–Trinajstić information content (AvgIpc) is 2.37. The average molecular weight is 253 g/mol. The van der Waals surface area contributed by atoms with E-state index in [1.54, 1.807) is 0 Å². The van der Waals surface area contributed by atoms with Crippen molar-refractivity contribution in [3.63, 3.8) is 0 Å². The third-order valence-corrected chi connectivity index (χ3v) is 3.83. The molecule has 0 radical (unpaired) electrons. The highest BCUT2D eigenvalue weighted by atomic mass is 19.1. The van der Waals surface area contributed by atoms with Crippen LogP contribution in [0.3, 0.4) is 0 Å². The fraction of sp³-hybridized carbons (Fsp3) is 0.600. The lowest BCUT2D eigenvalue weighted by Crippen LogP contribution is -2.25. The molecule has 1 aliphatic rings. The predicted octanol–water partition coefficient (Wildman–Crippen LogP) is 3.98. The van der Waals surface area contributed by atoms with Crippen LogP contribution in [0, 0.1) is 17.0 Å². The minimum atomic E-state index is -0.478. The molecule has 0 bridgehead atoms. The van der Waals surface area contributed by atoms with Gasteiger partial charge in [-0.25, -0.2) is 8.78 Å². The number of rotatable bonds is 2. The van der Waals surface area contributed by atoms with Crippen molar-refractivity contribution in [1.82, 2.24) is 5.32 Å². The SMILES string of the molecule is CCNC1CC(C)(C)CCc2c(F)cc(F)cc21. The van der Waals surface area contributed by atoms with Gasteiger partial charge in [0.25, 0.3) is 0 Å². The molecule has 1 N–H and O–H groups in total. The minimum Gasteiger partial charge on any atom is -0.310 e. The van der Waals surface area contributed by atoms with Crippen molar-refractivity contribution in [1.29, 1.82) is 0 Å². The van der Waals surface area contributed by atoms with Crippen LogP contribution in [0.4, 0.5) is 8.78 Å². The van der Waals surface area contributed by atoms with E-state index in [4.69, 9.17) is 0 Å². The molecule has 0 saturated heterocycles. The van der Waals surface area contributed by atoms with Crippen molar-refractivity contribution in [2.24, 2.45) is 5.41 Å².